The zero-order valence-electron chi connectivity index (χ0n) is 23.5. The van der Waals surface area contributed by atoms with E-state index in [4.69, 9.17) is 4.74 Å². The van der Waals surface area contributed by atoms with Crippen LogP contribution in [0.15, 0.2) is 66.7 Å². The number of methoxy groups -OCH3 is 1. The minimum atomic E-state index is 0.408. The van der Waals surface area contributed by atoms with Gasteiger partial charge in [-0.2, -0.15) is 0 Å². The first kappa shape index (κ1) is 28.0. The summed E-state index contributed by atoms with van der Waals surface area (Å²) in [6, 6.07) is 23.3. The van der Waals surface area contributed by atoms with Gasteiger partial charge in [-0.05, 0) is 111 Å². The molecule has 3 aromatic rings. The highest BCUT2D eigenvalue weighted by molar-refractivity contribution is 5.51. The van der Waals surface area contributed by atoms with Crippen LogP contribution in [-0.2, 0) is 25.8 Å². The van der Waals surface area contributed by atoms with Crippen molar-refractivity contribution in [1.29, 1.82) is 0 Å². The van der Waals surface area contributed by atoms with Gasteiger partial charge in [-0.15, -0.1) is 0 Å². The van der Waals surface area contributed by atoms with Crippen LogP contribution in [0, 0.1) is 0 Å². The molecule has 0 bridgehead atoms. The van der Waals surface area contributed by atoms with Crippen LogP contribution in [0.3, 0.4) is 0 Å². The number of aromatic hydroxyl groups is 1. The van der Waals surface area contributed by atoms with Crippen molar-refractivity contribution in [3.8, 4) is 11.5 Å². The molecule has 3 aromatic carbocycles. The number of phenols is 1. The molecule has 0 saturated carbocycles. The molecule has 4 nitrogen and oxygen atoms in total. The van der Waals surface area contributed by atoms with Gasteiger partial charge >= 0.3 is 0 Å². The van der Waals surface area contributed by atoms with Gasteiger partial charge in [0, 0.05) is 31.4 Å². The summed E-state index contributed by atoms with van der Waals surface area (Å²) in [5.41, 5.74) is 6.79. The van der Waals surface area contributed by atoms with Gasteiger partial charge in [0.15, 0.2) is 0 Å². The summed E-state index contributed by atoms with van der Waals surface area (Å²) >= 11 is 0. The molecule has 4 heteroatoms. The molecule has 0 unspecified atom stereocenters. The van der Waals surface area contributed by atoms with Gasteiger partial charge in [-0.3, -0.25) is 0 Å². The number of ether oxygens (including phenoxy) is 1. The lowest BCUT2D eigenvalue weighted by Gasteiger charge is -2.24. The lowest BCUT2D eigenvalue weighted by Crippen LogP contribution is -2.27. The van der Waals surface area contributed by atoms with E-state index in [1.807, 2.05) is 18.2 Å². The Morgan fingerprint density at radius 2 is 1.50 bits per heavy atom. The molecule has 5 rings (SSSR count). The second kappa shape index (κ2) is 14.8. The van der Waals surface area contributed by atoms with E-state index in [9.17, 15) is 5.11 Å². The normalized spacial score (nSPS) is 15.5. The van der Waals surface area contributed by atoms with Crippen molar-refractivity contribution in [3.05, 3.63) is 89.0 Å². The molecule has 0 spiro atoms. The molecule has 1 aliphatic heterocycles. The Labute approximate surface area is 230 Å². The molecule has 1 aliphatic carbocycles. The number of likely N-dealkylation sites (tertiary alicyclic amines) is 1. The second-order valence-corrected chi connectivity index (χ2v) is 10.7. The maximum Gasteiger partial charge on any atom is 0.120 e. The molecular formula is C34H46N2O2. The standard InChI is InChI=1S/C24H34N2O.C10H12O/c1-3-26(23-9-8-10-24(19-23)27-2)20-22-13-11-21(12-14-22)15-18-25-16-6-4-5-7-17-25;11-10-6-5-8-3-1-2-4-9(8)7-10/h8-14,19H,3-7,15-18,20H2,1-2H3;5-7,11H,1-4H2. The lowest BCUT2D eigenvalue weighted by atomic mass is 9.92. The number of fused-ring (bicyclic) bond motifs is 1. The van der Waals surface area contributed by atoms with Gasteiger partial charge < -0.3 is 19.6 Å². The third-order valence-electron chi connectivity index (χ3n) is 7.94. The van der Waals surface area contributed by atoms with Crippen LogP contribution in [0.4, 0.5) is 5.69 Å². The number of aryl methyl sites for hydroxylation is 2. The van der Waals surface area contributed by atoms with E-state index in [-0.39, 0.29) is 0 Å². The third-order valence-corrected chi connectivity index (χ3v) is 7.94. The summed E-state index contributed by atoms with van der Waals surface area (Å²) in [5, 5.41) is 9.19. The number of nitrogens with zero attached hydrogens (tertiary/aromatic N) is 2. The fourth-order valence-corrected chi connectivity index (χ4v) is 5.59. The van der Waals surface area contributed by atoms with Crippen LogP contribution >= 0.6 is 0 Å². The maximum absolute atomic E-state index is 9.19. The summed E-state index contributed by atoms with van der Waals surface area (Å²) in [6.45, 7) is 7.87. The molecule has 204 valence electrons. The number of hydrogen-bond donors (Lipinski definition) is 1. The topological polar surface area (TPSA) is 35.9 Å². The SMILES string of the molecule is CCN(Cc1ccc(CCN2CCCCCC2)cc1)c1cccc(OC)c1.Oc1ccc2c(c1)CCCC2. The molecule has 0 amide bonds. The van der Waals surface area contributed by atoms with Gasteiger partial charge in [0.2, 0.25) is 0 Å². The Morgan fingerprint density at radius 3 is 2.21 bits per heavy atom. The van der Waals surface area contributed by atoms with Crippen molar-refractivity contribution in [2.24, 2.45) is 0 Å². The third kappa shape index (κ3) is 8.52. The van der Waals surface area contributed by atoms with E-state index >= 15 is 0 Å². The molecule has 38 heavy (non-hydrogen) atoms. The number of anilines is 1. The molecular weight excluding hydrogens is 468 g/mol. The van der Waals surface area contributed by atoms with E-state index < -0.39 is 0 Å². The van der Waals surface area contributed by atoms with Crippen molar-refractivity contribution >= 4 is 5.69 Å². The largest absolute Gasteiger partial charge is 0.508 e. The lowest BCUT2D eigenvalue weighted by molar-refractivity contribution is 0.289. The number of rotatable bonds is 8. The molecule has 0 aromatic heterocycles. The molecule has 1 N–H and O–H groups in total. The predicted octanol–water partition coefficient (Wildman–Crippen LogP) is 7.41. The van der Waals surface area contributed by atoms with Gasteiger partial charge in [0.1, 0.15) is 11.5 Å². The molecule has 2 aliphatic rings. The highest BCUT2D eigenvalue weighted by Gasteiger charge is 2.10. The van der Waals surface area contributed by atoms with Crippen LogP contribution in [0.5, 0.6) is 11.5 Å². The second-order valence-electron chi connectivity index (χ2n) is 10.7. The monoisotopic (exact) mass is 514 g/mol. The number of phenolic OH excluding ortho intramolecular Hbond substituents is 1. The fraction of sp³-hybridized carbons (Fsp3) is 0.471. The Morgan fingerprint density at radius 1 is 0.789 bits per heavy atom. The zero-order valence-corrected chi connectivity index (χ0v) is 23.5. The van der Waals surface area contributed by atoms with Crippen molar-refractivity contribution in [3.63, 3.8) is 0 Å². The van der Waals surface area contributed by atoms with Crippen LogP contribution in [0.2, 0.25) is 0 Å². The van der Waals surface area contributed by atoms with Crippen LogP contribution in [0.1, 0.15) is 67.7 Å². The molecule has 1 fully saturated rings. The van der Waals surface area contributed by atoms with E-state index in [0.29, 0.717) is 5.75 Å². The summed E-state index contributed by atoms with van der Waals surface area (Å²) < 4.78 is 5.37. The summed E-state index contributed by atoms with van der Waals surface area (Å²) in [7, 11) is 1.72. The average molecular weight is 515 g/mol. The van der Waals surface area contributed by atoms with Crippen molar-refractivity contribution in [2.45, 2.75) is 71.3 Å². The minimum absolute atomic E-state index is 0.408. The molecule has 1 saturated heterocycles. The highest BCUT2D eigenvalue weighted by Crippen LogP contribution is 2.25. The molecule has 1 heterocycles. The fourth-order valence-electron chi connectivity index (χ4n) is 5.59. The predicted molar refractivity (Wildman–Crippen MR) is 160 cm³/mol. The van der Waals surface area contributed by atoms with E-state index in [2.05, 4.69) is 59.2 Å². The molecule has 0 radical (unpaired) electrons. The summed E-state index contributed by atoms with van der Waals surface area (Å²) in [4.78, 5) is 5.03. The van der Waals surface area contributed by atoms with E-state index in [0.717, 1.165) is 31.7 Å². The Balaban J connectivity index is 0.000000253. The average Bonchev–Trinajstić information content (AvgIpc) is 3.25. The van der Waals surface area contributed by atoms with Crippen molar-refractivity contribution < 1.29 is 9.84 Å². The van der Waals surface area contributed by atoms with Gasteiger partial charge in [-0.25, -0.2) is 0 Å². The maximum atomic E-state index is 9.19. The van der Waals surface area contributed by atoms with E-state index in [1.165, 1.54) is 92.5 Å². The van der Waals surface area contributed by atoms with Crippen molar-refractivity contribution in [1.82, 2.24) is 4.90 Å². The van der Waals surface area contributed by atoms with Gasteiger partial charge in [-0.1, -0.05) is 49.2 Å². The summed E-state index contributed by atoms with van der Waals surface area (Å²) in [5.74, 6) is 1.32. The minimum Gasteiger partial charge on any atom is -0.508 e. The zero-order chi connectivity index (χ0) is 26.6. The van der Waals surface area contributed by atoms with Crippen LogP contribution < -0.4 is 9.64 Å². The van der Waals surface area contributed by atoms with Gasteiger partial charge in [0.05, 0.1) is 7.11 Å². The van der Waals surface area contributed by atoms with Gasteiger partial charge in [0.25, 0.3) is 0 Å². The highest BCUT2D eigenvalue weighted by atomic mass is 16.5. The number of benzene rings is 3. The number of hydrogen-bond acceptors (Lipinski definition) is 4. The molecule has 0 atom stereocenters. The van der Waals surface area contributed by atoms with Crippen LogP contribution in [-0.4, -0.2) is 43.3 Å². The first-order valence-electron chi connectivity index (χ1n) is 14.6. The van der Waals surface area contributed by atoms with E-state index in [1.54, 1.807) is 13.2 Å². The Bertz CT molecular complexity index is 1100. The quantitative estimate of drug-likeness (QED) is 0.339. The van der Waals surface area contributed by atoms with Crippen LogP contribution in [0.25, 0.3) is 0 Å². The first-order valence-corrected chi connectivity index (χ1v) is 14.6. The smallest absolute Gasteiger partial charge is 0.120 e. The Kier molecular flexibility index (Phi) is 10.9. The Hall–Kier alpha value is -2.98. The first-order chi connectivity index (χ1) is 18.6. The van der Waals surface area contributed by atoms with Crippen molar-refractivity contribution in [2.75, 3.05) is 38.2 Å². The summed E-state index contributed by atoms with van der Waals surface area (Å²) in [6.07, 6.45) is 11.6.